The van der Waals surface area contributed by atoms with Crippen LogP contribution in [0.5, 0.6) is 0 Å². The molecule has 0 saturated heterocycles. The fourth-order valence-corrected chi connectivity index (χ4v) is 12.8. The van der Waals surface area contributed by atoms with E-state index in [2.05, 4.69) is 81.5 Å². The number of allylic oxidation sites excluding steroid dienone is 10. The van der Waals surface area contributed by atoms with Crippen LogP contribution in [0.3, 0.4) is 0 Å². The molecule has 0 spiro atoms. The summed E-state index contributed by atoms with van der Waals surface area (Å²) in [7, 11) is -9.75. The van der Waals surface area contributed by atoms with Gasteiger partial charge in [0.05, 0.1) is 26.4 Å². The predicted octanol–water partition coefficient (Wildman–Crippen LogP) is 22.9. The van der Waals surface area contributed by atoms with Crippen LogP contribution in [0.15, 0.2) is 60.8 Å². The molecular weight excluding hydrogens is 1270 g/mol. The number of rotatable bonds is 76. The van der Waals surface area contributed by atoms with Crippen LogP contribution in [-0.4, -0.2) is 95.9 Å². The van der Waals surface area contributed by atoms with Crippen molar-refractivity contribution in [3.63, 3.8) is 0 Å². The summed E-state index contributed by atoms with van der Waals surface area (Å²) in [6, 6.07) is 0. The van der Waals surface area contributed by atoms with Crippen molar-refractivity contribution in [2.45, 2.75) is 386 Å². The predicted molar refractivity (Wildman–Crippen MR) is 399 cm³/mol. The monoisotopic (exact) mass is 1410 g/mol. The van der Waals surface area contributed by atoms with Crippen LogP contribution < -0.4 is 0 Å². The summed E-state index contributed by atoms with van der Waals surface area (Å²) >= 11 is 0. The van der Waals surface area contributed by atoms with Gasteiger partial charge in [-0.15, -0.1) is 0 Å². The molecule has 0 bridgehead atoms. The Morgan fingerprint density at radius 3 is 0.866 bits per heavy atom. The smallest absolute Gasteiger partial charge is 0.463 e. The van der Waals surface area contributed by atoms with Crippen LogP contribution in [0.2, 0.25) is 0 Å². The topological polar surface area (TPSA) is 231 Å². The maximum atomic E-state index is 12.9. The minimum atomic E-state index is -4.91. The number of carbonyl (C=O) groups excluding carboxylic acids is 3. The average molecular weight is 1410 g/mol. The second kappa shape index (κ2) is 73.0. The van der Waals surface area contributed by atoms with E-state index in [1.807, 2.05) is 0 Å². The van der Waals surface area contributed by atoms with E-state index < -0.39 is 91.5 Å². The number of phosphoric ester groups is 2. The maximum absolute atomic E-state index is 12.9. The van der Waals surface area contributed by atoms with Crippen LogP contribution in [0.4, 0.5) is 0 Å². The van der Waals surface area contributed by atoms with Crippen molar-refractivity contribution in [1.82, 2.24) is 0 Å². The van der Waals surface area contributed by atoms with E-state index in [-0.39, 0.29) is 19.3 Å². The van der Waals surface area contributed by atoms with E-state index in [9.17, 15) is 43.5 Å². The van der Waals surface area contributed by atoms with Gasteiger partial charge in [-0.05, 0) is 64.2 Å². The van der Waals surface area contributed by atoms with Gasteiger partial charge in [-0.3, -0.25) is 32.5 Å². The third-order valence-corrected chi connectivity index (χ3v) is 19.2. The van der Waals surface area contributed by atoms with Crippen LogP contribution in [0.25, 0.3) is 0 Å². The van der Waals surface area contributed by atoms with Gasteiger partial charge in [-0.25, -0.2) is 9.13 Å². The lowest BCUT2D eigenvalue weighted by Gasteiger charge is -2.21. The largest absolute Gasteiger partial charge is 0.472 e. The van der Waals surface area contributed by atoms with Crippen molar-refractivity contribution in [1.29, 1.82) is 0 Å². The summed E-state index contributed by atoms with van der Waals surface area (Å²) < 4.78 is 61.0. The van der Waals surface area contributed by atoms with E-state index in [4.69, 9.17) is 32.3 Å². The second-order valence-corrected chi connectivity index (χ2v) is 29.8. The molecule has 18 heteroatoms. The molecule has 0 amide bonds. The first kappa shape index (κ1) is 94.2. The highest BCUT2D eigenvalue weighted by atomic mass is 31.2. The SMILES string of the molecule is CC/C=C\C/C=C\C/C=C\C/C=C\C/C=C\CCCCCCCCCCCCCCCCCCCCCC(=O)OCC(O)COP(=O)(O)OCC(O)COP(=O)(O)OCC(COC(=O)CCCCCCCCCCCCCCCCC)OC(=O)CCCCCCCCCCCCC. The third kappa shape index (κ3) is 74.3. The highest BCUT2D eigenvalue weighted by Crippen LogP contribution is 2.45. The first-order chi connectivity index (χ1) is 47.2. The summed E-state index contributed by atoms with van der Waals surface area (Å²) in [6.07, 6.45) is 78.8. The zero-order chi connectivity index (χ0) is 70.9. The molecular formula is C79H146O16P2. The maximum Gasteiger partial charge on any atom is 0.472 e. The number of hydrogen-bond donors (Lipinski definition) is 4. The average Bonchev–Trinajstić information content (AvgIpc) is 2.25. The Labute approximate surface area is 592 Å². The van der Waals surface area contributed by atoms with Crippen molar-refractivity contribution in [2.75, 3.05) is 39.6 Å². The molecule has 0 aromatic heterocycles. The lowest BCUT2D eigenvalue weighted by molar-refractivity contribution is -0.161. The molecule has 97 heavy (non-hydrogen) atoms. The van der Waals surface area contributed by atoms with E-state index in [1.165, 1.54) is 212 Å². The molecule has 16 nitrogen and oxygen atoms in total. The molecule has 568 valence electrons. The van der Waals surface area contributed by atoms with Gasteiger partial charge >= 0.3 is 33.6 Å². The number of phosphoric acid groups is 2. The molecule has 0 aliphatic carbocycles. The molecule has 0 fully saturated rings. The minimum Gasteiger partial charge on any atom is -0.463 e. The molecule has 4 N–H and O–H groups in total. The normalized spacial score (nSPS) is 14.3. The molecule has 0 heterocycles. The van der Waals surface area contributed by atoms with E-state index in [0.29, 0.717) is 19.3 Å². The molecule has 0 aromatic carbocycles. The second-order valence-electron chi connectivity index (χ2n) is 26.9. The Bertz CT molecular complexity index is 2010. The first-order valence-corrected chi connectivity index (χ1v) is 42.6. The Balaban J connectivity index is 4.24. The number of esters is 3. The quantitative estimate of drug-likeness (QED) is 0.0146. The Kier molecular flexibility index (Phi) is 70.9. The lowest BCUT2D eigenvalue weighted by atomic mass is 10.0. The van der Waals surface area contributed by atoms with Crippen molar-refractivity contribution in [3.05, 3.63) is 60.8 Å². The number of carbonyl (C=O) groups is 3. The van der Waals surface area contributed by atoms with Gasteiger partial charge in [0, 0.05) is 19.3 Å². The van der Waals surface area contributed by atoms with Crippen LogP contribution in [0, 0.1) is 0 Å². The molecule has 0 aliphatic heterocycles. The number of aliphatic hydroxyl groups excluding tert-OH is 2. The zero-order valence-electron chi connectivity index (χ0n) is 62.0. The van der Waals surface area contributed by atoms with Gasteiger partial charge in [0.25, 0.3) is 0 Å². The molecule has 0 saturated carbocycles. The Morgan fingerprint density at radius 1 is 0.299 bits per heavy atom. The highest BCUT2D eigenvalue weighted by molar-refractivity contribution is 7.47. The summed E-state index contributed by atoms with van der Waals surface area (Å²) in [6.45, 7) is 2.62. The molecule has 0 rings (SSSR count). The van der Waals surface area contributed by atoms with Gasteiger partial charge in [0.1, 0.15) is 25.4 Å². The van der Waals surface area contributed by atoms with Gasteiger partial charge in [-0.2, -0.15) is 0 Å². The minimum absolute atomic E-state index is 0.114. The Morgan fingerprint density at radius 2 is 0.546 bits per heavy atom. The highest BCUT2D eigenvalue weighted by Gasteiger charge is 2.29. The zero-order valence-corrected chi connectivity index (χ0v) is 63.8. The van der Waals surface area contributed by atoms with Crippen molar-refractivity contribution in [3.8, 4) is 0 Å². The van der Waals surface area contributed by atoms with E-state index in [0.717, 1.165) is 96.3 Å². The van der Waals surface area contributed by atoms with Gasteiger partial charge < -0.3 is 34.2 Å². The molecule has 5 unspecified atom stereocenters. The summed E-state index contributed by atoms with van der Waals surface area (Å²) in [4.78, 5) is 58.4. The number of unbranched alkanes of at least 4 members (excludes halogenated alkanes) is 43. The first-order valence-electron chi connectivity index (χ1n) is 39.6. The molecule has 5 atom stereocenters. The van der Waals surface area contributed by atoms with Crippen molar-refractivity contribution >= 4 is 33.6 Å². The molecule has 0 aliphatic rings. The number of ether oxygens (including phenoxy) is 3. The summed E-state index contributed by atoms with van der Waals surface area (Å²) in [5.74, 6) is -1.55. The summed E-state index contributed by atoms with van der Waals surface area (Å²) in [5, 5.41) is 20.6. The van der Waals surface area contributed by atoms with Crippen molar-refractivity contribution in [2.24, 2.45) is 0 Å². The van der Waals surface area contributed by atoms with E-state index >= 15 is 0 Å². The molecule has 0 aromatic rings. The standard InChI is InChI=1S/C79H146O16P2/c1-4-7-10-13-16-19-22-24-26-27-28-29-30-31-32-33-34-35-36-37-38-39-40-41-42-43-44-45-47-49-51-53-56-59-62-65-77(82)89-68-74(80)69-91-96(85,86)92-70-75(81)71-93-97(87,88)94-73-76(95-79(84)67-64-61-58-55-50-21-18-15-12-9-6-3)72-90-78(83)66-63-60-57-54-52-48-46-25-23-20-17-14-11-8-5-2/h7,10,16,19,24,26,28-29,31-32,74-76,80-81H,4-6,8-9,11-15,17-18,20-23,25,27,30,33-73H2,1-3H3,(H,85,86)(H,87,88)/b10-7-,19-16-,26-24-,29-28-,32-31-. The third-order valence-electron chi connectivity index (χ3n) is 17.3. The fraction of sp³-hybridized carbons (Fsp3) is 0.835. The van der Waals surface area contributed by atoms with Gasteiger partial charge in [0.2, 0.25) is 0 Å². The number of hydrogen-bond acceptors (Lipinski definition) is 14. The van der Waals surface area contributed by atoms with Crippen molar-refractivity contribution < 1.29 is 75.8 Å². The van der Waals surface area contributed by atoms with Crippen LogP contribution in [-0.2, 0) is 55.8 Å². The lowest BCUT2D eigenvalue weighted by Crippen LogP contribution is -2.30. The Hall–Kier alpha value is -2.75. The van der Waals surface area contributed by atoms with Crippen LogP contribution in [0.1, 0.15) is 367 Å². The van der Waals surface area contributed by atoms with Gasteiger partial charge in [-0.1, -0.05) is 345 Å². The van der Waals surface area contributed by atoms with Crippen LogP contribution >= 0.6 is 15.6 Å². The number of aliphatic hydroxyl groups is 2. The fourth-order valence-electron chi connectivity index (χ4n) is 11.2. The van der Waals surface area contributed by atoms with Gasteiger partial charge in [0.15, 0.2) is 6.10 Å². The summed E-state index contributed by atoms with van der Waals surface area (Å²) in [5.41, 5.74) is 0. The van der Waals surface area contributed by atoms with E-state index in [1.54, 1.807) is 0 Å². The molecule has 0 radical (unpaired) electrons.